The molecule has 0 bridgehead atoms. The standard InChI is InChI=1S/C15H28N2O/c1-4-5-6-13-7-9-15(10-8-13)11-17(12-15)14(18)16(2)3/h13H,4-12H2,1-3H3. The number of carbonyl (C=O) groups is 1. The van der Waals surface area contributed by atoms with E-state index in [-0.39, 0.29) is 6.03 Å². The summed E-state index contributed by atoms with van der Waals surface area (Å²) in [6, 6.07) is 0.189. The molecule has 0 aromatic heterocycles. The van der Waals surface area contributed by atoms with Gasteiger partial charge in [-0.3, -0.25) is 0 Å². The number of hydrogen-bond acceptors (Lipinski definition) is 1. The molecule has 1 aliphatic carbocycles. The van der Waals surface area contributed by atoms with Crippen molar-refractivity contribution in [1.82, 2.24) is 9.80 Å². The van der Waals surface area contributed by atoms with E-state index >= 15 is 0 Å². The third-order valence-corrected chi connectivity index (χ3v) is 4.84. The van der Waals surface area contributed by atoms with Crippen molar-refractivity contribution >= 4 is 6.03 Å². The molecule has 0 radical (unpaired) electrons. The van der Waals surface area contributed by atoms with Crippen LogP contribution in [0.15, 0.2) is 0 Å². The maximum absolute atomic E-state index is 11.8. The van der Waals surface area contributed by atoms with Gasteiger partial charge in [0.15, 0.2) is 0 Å². The van der Waals surface area contributed by atoms with Crippen molar-refractivity contribution in [3.63, 3.8) is 0 Å². The third kappa shape index (κ3) is 2.81. The van der Waals surface area contributed by atoms with Crippen LogP contribution in [0.3, 0.4) is 0 Å². The molecule has 1 heterocycles. The van der Waals surface area contributed by atoms with Crippen LogP contribution in [-0.4, -0.2) is 43.0 Å². The summed E-state index contributed by atoms with van der Waals surface area (Å²) >= 11 is 0. The molecule has 2 rings (SSSR count). The second-order valence-electron chi connectivity index (χ2n) is 6.62. The van der Waals surface area contributed by atoms with Crippen molar-refractivity contribution < 1.29 is 4.79 Å². The Kier molecular flexibility index (Phi) is 4.18. The summed E-state index contributed by atoms with van der Waals surface area (Å²) in [6.07, 6.45) is 9.62. The number of hydrogen-bond donors (Lipinski definition) is 0. The zero-order valence-corrected chi connectivity index (χ0v) is 12.2. The van der Waals surface area contributed by atoms with Crippen molar-refractivity contribution in [2.75, 3.05) is 27.2 Å². The molecule has 1 aliphatic heterocycles. The van der Waals surface area contributed by atoms with Crippen LogP contribution in [0.25, 0.3) is 0 Å². The van der Waals surface area contributed by atoms with E-state index in [1.165, 1.54) is 44.9 Å². The fourth-order valence-electron chi connectivity index (χ4n) is 3.57. The molecule has 2 amide bonds. The maximum Gasteiger partial charge on any atom is 0.319 e. The molecular weight excluding hydrogens is 224 g/mol. The smallest absolute Gasteiger partial charge is 0.319 e. The van der Waals surface area contributed by atoms with Gasteiger partial charge in [0, 0.05) is 32.6 Å². The highest BCUT2D eigenvalue weighted by molar-refractivity contribution is 5.74. The Bertz CT molecular complexity index is 285. The van der Waals surface area contributed by atoms with Crippen molar-refractivity contribution in [3.8, 4) is 0 Å². The highest BCUT2D eigenvalue weighted by Crippen LogP contribution is 2.46. The van der Waals surface area contributed by atoms with Crippen molar-refractivity contribution in [2.45, 2.75) is 51.9 Å². The van der Waals surface area contributed by atoms with Gasteiger partial charge in [-0.1, -0.05) is 26.2 Å². The zero-order chi connectivity index (χ0) is 13.2. The minimum atomic E-state index is 0.189. The lowest BCUT2D eigenvalue weighted by Crippen LogP contribution is -2.61. The number of urea groups is 1. The molecule has 1 spiro atoms. The molecular formula is C15H28N2O. The summed E-state index contributed by atoms with van der Waals surface area (Å²) in [6.45, 7) is 4.29. The molecule has 3 heteroatoms. The Balaban J connectivity index is 1.73. The Morgan fingerprint density at radius 1 is 1.28 bits per heavy atom. The van der Waals surface area contributed by atoms with E-state index in [1.54, 1.807) is 4.90 Å². The first-order valence-corrected chi connectivity index (χ1v) is 7.52. The Morgan fingerprint density at radius 2 is 1.89 bits per heavy atom. The van der Waals surface area contributed by atoms with Gasteiger partial charge in [-0.05, 0) is 31.6 Å². The maximum atomic E-state index is 11.8. The van der Waals surface area contributed by atoms with Crippen molar-refractivity contribution in [3.05, 3.63) is 0 Å². The summed E-state index contributed by atoms with van der Waals surface area (Å²) in [5.74, 6) is 0.967. The van der Waals surface area contributed by atoms with Crippen LogP contribution >= 0.6 is 0 Å². The van der Waals surface area contributed by atoms with Gasteiger partial charge >= 0.3 is 6.03 Å². The lowest BCUT2D eigenvalue weighted by atomic mass is 9.65. The summed E-state index contributed by atoms with van der Waals surface area (Å²) in [5, 5.41) is 0. The molecule has 0 aromatic carbocycles. The quantitative estimate of drug-likeness (QED) is 0.755. The summed E-state index contributed by atoms with van der Waals surface area (Å²) in [4.78, 5) is 15.5. The first kappa shape index (κ1) is 13.7. The average Bonchev–Trinajstić information content (AvgIpc) is 2.33. The first-order valence-electron chi connectivity index (χ1n) is 7.52. The lowest BCUT2D eigenvalue weighted by Gasteiger charge is -2.53. The molecule has 18 heavy (non-hydrogen) atoms. The highest BCUT2D eigenvalue weighted by Gasteiger charge is 2.46. The van der Waals surface area contributed by atoms with E-state index < -0.39 is 0 Å². The minimum absolute atomic E-state index is 0.189. The molecule has 2 aliphatic rings. The van der Waals surface area contributed by atoms with Crippen LogP contribution in [0.4, 0.5) is 4.79 Å². The molecule has 0 N–H and O–H groups in total. The number of amides is 2. The first-order chi connectivity index (χ1) is 8.56. The zero-order valence-electron chi connectivity index (χ0n) is 12.2. The monoisotopic (exact) mass is 252 g/mol. The summed E-state index contributed by atoms with van der Waals surface area (Å²) in [7, 11) is 3.68. The lowest BCUT2D eigenvalue weighted by molar-refractivity contribution is -0.0182. The van der Waals surface area contributed by atoms with Gasteiger partial charge in [0.25, 0.3) is 0 Å². The number of likely N-dealkylation sites (tertiary alicyclic amines) is 1. The van der Waals surface area contributed by atoms with Gasteiger partial charge in [-0.2, -0.15) is 0 Å². The third-order valence-electron chi connectivity index (χ3n) is 4.84. The second kappa shape index (κ2) is 5.50. The molecule has 0 atom stereocenters. The topological polar surface area (TPSA) is 23.6 Å². The fraction of sp³-hybridized carbons (Fsp3) is 0.933. The largest absolute Gasteiger partial charge is 0.331 e. The number of rotatable bonds is 3. The summed E-state index contributed by atoms with van der Waals surface area (Å²) in [5.41, 5.74) is 0.494. The SMILES string of the molecule is CCCCC1CCC2(CC1)CN(C(=O)N(C)C)C2. The van der Waals surface area contributed by atoms with Crippen LogP contribution in [0.1, 0.15) is 51.9 Å². The molecule has 104 valence electrons. The second-order valence-corrected chi connectivity index (χ2v) is 6.62. The van der Waals surface area contributed by atoms with E-state index in [0.717, 1.165) is 19.0 Å². The van der Waals surface area contributed by atoms with Crippen LogP contribution in [0.2, 0.25) is 0 Å². The fourth-order valence-corrected chi connectivity index (χ4v) is 3.57. The number of unbranched alkanes of at least 4 members (excludes halogenated alkanes) is 1. The number of nitrogens with zero attached hydrogens (tertiary/aromatic N) is 2. The van der Waals surface area contributed by atoms with E-state index in [2.05, 4.69) is 6.92 Å². The van der Waals surface area contributed by atoms with Gasteiger partial charge in [0.05, 0.1) is 0 Å². The van der Waals surface area contributed by atoms with Gasteiger partial charge in [-0.25, -0.2) is 4.79 Å². The average molecular weight is 252 g/mol. The molecule has 2 fully saturated rings. The van der Waals surface area contributed by atoms with Crippen LogP contribution in [0.5, 0.6) is 0 Å². The Hall–Kier alpha value is -0.730. The van der Waals surface area contributed by atoms with Crippen molar-refractivity contribution in [1.29, 1.82) is 0 Å². The molecule has 1 saturated carbocycles. The van der Waals surface area contributed by atoms with E-state index in [4.69, 9.17) is 0 Å². The van der Waals surface area contributed by atoms with Crippen LogP contribution in [0, 0.1) is 11.3 Å². The predicted molar refractivity (Wildman–Crippen MR) is 74.6 cm³/mol. The van der Waals surface area contributed by atoms with E-state index in [0.29, 0.717) is 5.41 Å². The Labute approximate surface area is 112 Å². The molecule has 3 nitrogen and oxygen atoms in total. The van der Waals surface area contributed by atoms with E-state index in [9.17, 15) is 4.79 Å². The number of carbonyl (C=O) groups excluding carboxylic acids is 1. The van der Waals surface area contributed by atoms with Crippen LogP contribution in [-0.2, 0) is 0 Å². The van der Waals surface area contributed by atoms with E-state index in [1.807, 2.05) is 19.0 Å². The summed E-state index contributed by atoms with van der Waals surface area (Å²) < 4.78 is 0. The van der Waals surface area contributed by atoms with Gasteiger partial charge in [0.2, 0.25) is 0 Å². The van der Waals surface area contributed by atoms with Gasteiger partial charge < -0.3 is 9.80 Å². The van der Waals surface area contributed by atoms with Crippen molar-refractivity contribution in [2.24, 2.45) is 11.3 Å². The van der Waals surface area contributed by atoms with Gasteiger partial charge in [0.1, 0.15) is 0 Å². The molecule has 1 saturated heterocycles. The predicted octanol–water partition coefficient (Wildman–Crippen LogP) is 3.35. The Morgan fingerprint density at radius 3 is 2.39 bits per heavy atom. The molecule has 0 unspecified atom stereocenters. The van der Waals surface area contributed by atoms with Gasteiger partial charge in [-0.15, -0.1) is 0 Å². The highest BCUT2D eigenvalue weighted by atomic mass is 16.2. The van der Waals surface area contributed by atoms with Crippen LogP contribution < -0.4 is 0 Å². The molecule has 0 aromatic rings. The normalized spacial score (nSPS) is 22.9. The minimum Gasteiger partial charge on any atom is -0.331 e.